The minimum Gasteiger partial charge on any atom is -0.339 e. The molecular weight excluding hydrogens is 350 g/mol. The Labute approximate surface area is 157 Å². The molecule has 2 amide bonds. The minimum absolute atomic E-state index is 0.0422. The Kier molecular flexibility index (Phi) is 5.84. The van der Waals surface area contributed by atoms with Crippen LogP contribution in [-0.2, 0) is 11.2 Å². The molecule has 0 saturated carbocycles. The van der Waals surface area contributed by atoms with E-state index in [1.165, 1.54) is 4.90 Å². The fourth-order valence-corrected chi connectivity index (χ4v) is 3.27. The summed E-state index contributed by atoms with van der Waals surface area (Å²) in [6.07, 6.45) is 1.09. The Morgan fingerprint density at radius 3 is 2.37 bits per heavy atom. The summed E-state index contributed by atoms with van der Waals surface area (Å²) < 4.78 is 27.1. The van der Waals surface area contributed by atoms with Crippen molar-refractivity contribution in [3.63, 3.8) is 0 Å². The second-order valence-electron chi connectivity index (χ2n) is 6.79. The van der Waals surface area contributed by atoms with Crippen LogP contribution in [-0.4, -0.2) is 47.8 Å². The highest BCUT2D eigenvalue weighted by Gasteiger charge is 2.26. The molecule has 1 heterocycles. The fourth-order valence-electron chi connectivity index (χ4n) is 3.27. The monoisotopic (exact) mass is 372 g/mol. The second-order valence-corrected chi connectivity index (χ2v) is 6.79. The van der Waals surface area contributed by atoms with Crippen LogP contribution in [0.5, 0.6) is 0 Å². The van der Waals surface area contributed by atoms with E-state index in [0.717, 1.165) is 29.3 Å². The van der Waals surface area contributed by atoms with E-state index in [1.807, 2.05) is 25.1 Å². The molecule has 0 unspecified atom stereocenters. The first-order valence-corrected chi connectivity index (χ1v) is 9.01. The number of benzene rings is 2. The van der Waals surface area contributed by atoms with Gasteiger partial charge in [-0.1, -0.05) is 29.8 Å². The van der Waals surface area contributed by atoms with Gasteiger partial charge >= 0.3 is 0 Å². The van der Waals surface area contributed by atoms with E-state index in [-0.39, 0.29) is 11.5 Å². The van der Waals surface area contributed by atoms with E-state index in [0.29, 0.717) is 39.0 Å². The molecule has 3 rings (SSSR count). The van der Waals surface area contributed by atoms with Crippen LogP contribution < -0.4 is 0 Å². The van der Waals surface area contributed by atoms with Crippen molar-refractivity contribution in [3.05, 3.63) is 70.8 Å². The van der Waals surface area contributed by atoms with E-state index in [9.17, 15) is 18.4 Å². The van der Waals surface area contributed by atoms with Gasteiger partial charge in [-0.05, 0) is 37.1 Å². The van der Waals surface area contributed by atoms with E-state index >= 15 is 0 Å². The molecule has 0 spiro atoms. The van der Waals surface area contributed by atoms with Crippen molar-refractivity contribution >= 4 is 11.8 Å². The Morgan fingerprint density at radius 1 is 0.963 bits per heavy atom. The molecule has 4 nitrogen and oxygen atoms in total. The summed E-state index contributed by atoms with van der Waals surface area (Å²) >= 11 is 0. The molecule has 2 aromatic rings. The van der Waals surface area contributed by atoms with Crippen LogP contribution in [0.4, 0.5) is 8.78 Å². The third kappa shape index (κ3) is 4.70. The van der Waals surface area contributed by atoms with Gasteiger partial charge in [-0.3, -0.25) is 9.59 Å². The largest absolute Gasteiger partial charge is 0.339 e. The maximum Gasteiger partial charge on any atom is 0.257 e. The number of hydrogen-bond acceptors (Lipinski definition) is 2. The number of carbonyl (C=O) groups excluding carboxylic acids is 2. The Morgan fingerprint density at radius 2 is 1.67 bits per heavy atom. The molecule has 1 saturated heterocycles. The molecule has 0 N–H and O–H groups in total. The van der Waals surface area contributed by atoms with Gasteiger partial charge in [0.1, 0.15) is 11.6 Å². The highest BCUT2D eigenvalue weighted by atomic mass is 19.1. The van der Waals surface area contributed by atoms with Crippen molar-refractivity contribution in [1.82, 2.24) is 9.80 Å². The van der Waals surface area contributed by atoms with E-state index in [2.05, 4.69) is 6.07 Å². The van der Waals surface area contributed by atoms with Crippen LogP contribution in [0.2, 0.25) is 0 Å². The topological polar surface area (TPSA) is 40.6 Å². The molecule has 0 bridgehead atoms. The lowest BCUT2D eigenvalue weighted by Gasteiger charge is -2.35. The average Bonchev–Trinajstić information content (AvgIpc) is 2.67. The van der Waals surface area contributed by atoms with Crippen LogP contribution >= 0.6 is 0 Å². The van der Waals surface area contributed by atoms with Crippen molar-refractivity contribution in [2.24, 2.45) is 0 Å². The lowest BCUT2D eigenvalue weighted by atomic mass is 10.1. The van der Waals surface area contributed by atoms with Gasteiger partial charge < -0.3 is 9.80 Å². The molecule has 2 aromatic carbocycles. The van der Waals surface area contributed by atoms with Crippen LogP contribution in [0, 0.1) is 18.6 Å². The van der Waals surface area contributed by atoms with E-state index < -0.39 is 17.5 Å². The van der Waals surface area contributed by atoms with E-state index in [1.54, 1.807) is 4.90 Å². The zero-order valence-corrected chi connectivity index (χ0v) is 15.3. The summed E-state index contributed by atoms with van der Waals surface area (Å²) in [5, 5.41) is 0. The predicted octanol–water partition coefficient (Wildman–Crippen LogP) is 3.19. The number of halogens is 2. The average molecular weight is 372 g/mol. The second kappa shape index (κ2) is 8.29. The number of carbonyl (C=O) groups is 2. The van der Waals surface area contributed by atoms with Crippen molar-refractivity contribution in [2.45, 2.75) is 19.8 Å². The normalized spacial score (nSPS) is 14.3. The van der Waals surface area contributed by atoms with Gasteiger partial charge in [-0.15, -0.1) is 0 Å². The smallest absolute Gasteiger partial charge is 0.257 e. The first kappa shape index (κ1) is 19.0. The number of rotatable bonds is 4. The zero-order valence-electron chi connectivity index (χ0n) is 15.3. The number of amides is 2. The van der Waals surface area contributed by atoms with E-state index in [4.69, 9.17) is 0 Å². The Balaban J connectivity index is 1.53. The molecule has 0 atom stereocenters. The predicted molar refractivity (Wildman–Crippen MR) is 98.3 cm³/mol. The summed E-state index contributed by atoms with van der Waals surface area (Å²) in [6, 6.07) is 10.9. The molecule has 0 aromatic heterocycles. The lowest BCUT2D eigenvalue weighted by molar-refractivity contribution is -0.132. The van der Waals surface area contributed by atoms with Gasteiger partial charge in [0.25, 0.3) is 5.91 Å². The Bertz CT molecular complexity index is 846. The maximum atomic E-state index is 13.8. The van der Waals surface area contributed by atoms with Gasteiger partial charge in [-0.2, -0.15) is 0 Å². The van der Waals surface area contributed by atoms with Crippen molar-refractivity contribution in [3.8, 4) is 0 Å². The van der Waals surface area contributed by atoms with Gasteiger partial charge in [0, 0.05) is 32.6 Å². The quantitative estimate of drug-likeness (QED) is 0.827. The van der Waals surface area contributed by atoms with Crippen LogP contribution in [0.15, 0.2) is 42.5 Å². The minimum atomic E-state index is -0.738. The van der Waals surface area contributed by atoms with Crippen molar-refractivity contribution in [2.75, 3.05) is 26.2 Å². The highest BCUT2D eigenvalue weighted by Crippen LogP contribution is 2.15. The molecule has 142 valence electrons. The maximum absolute atomic E-state index is 13.8. The van der Waals surface area contributed by atoms with Gasteiger partial charge in [-0.25, -0.2) is 8.78 Å². The molecule has 1 aliphatic heterocycles. The molecule has 6 heteroatoms. The number of piperazine rings is 1. The third-order valence-electron chi connectivity index (χ3n) is 4.79. The molecule has 1 aliphatic rings. The summed E-state index contributed by atoms with van der Waals surface area (Å²) in [5.41, 5.74) is 2.02. The summed E-state index contributed by atoms with van der Waals surface area (Å²) in [5.74, 6) is -1.89. The molecular formula is C21H22F2N2O2. The zero-order chi connectivity index (χ0) is 19.4. The van der Waals surface area contributed by atoms with Crippen LogP contribution in [0.3, 0.4) is 0 Å². The van der Waals surface area contributed by atoms with Crippen LogP contribution in [0.1, 0.15) is 27.9 Å². The molecule has 0 radical (unpaired) electrons. The summed E-state index contributed by atoms with van der Waals surface area (Å²) in [6.45, 7) is 3.43. The molecule has 1 fully saturated rings. The highest BCUT2D eigenvalue weighted by molar-refractivity contribution is 5.94. The van der Waals surface area contributed by atoms with Gasteiger partial charge in [0.2, 0.25) is 5.91 Å². The summed E-state index contributed by atoms with van der Waals surface area (Å²) in [7, 11) is 0. The number of hydrogen-bond donors (Lipinski definition) is 0. The number of nitrogens with zero attached hydrogens (tertiary/aromatic N) is 2. The first-order chi connectivity index (χ1) is 12.9. The van der Waals surface area contributed by atoms with Gasteiger partial charge in [0.05, 0.1) is 5.56 Å². The first-order valence-electron chi connectivity index (χ1n) is 9.01. The van der Waals surface area contributed by atoms with Crippen LogP contribution in [0.25, 0.3) is 0 Å². The third-order valence-corrected chi connectivity index (χ3v) is 4.79. The lowest BCUT2D eigenvalue weighted by Crippen LogP contribution is -2.50. The van der Waals surface area contributed by atoms with Gasteiger partial charge in [0.15, 0.2) is 0 Å². The molecule has 27 heavy (non-hydrogen) atoms. The van der Waals surface area contributed by atoms with Crippen molar-refractivity contribution in [1.29, 1.82) is 0 Å². The summed E-state index contributed by atoms with van der Waals surface area (Å²) in [4.78, 5) is 28.0. The fraction of sp³-hybridized carbons (Fsp3) is 0.333. The SMILES string of the molecule is Cc1cccc(CCC(=O)N2CCN(C(=O)c3cc(F)ccc3F)CC2)c1. The standard InChI is InChI=1S/C21H22F2N2O2/c1-15-3-2-4-16(13-15)5-8-20(26)24-9-11-25(12-10-24)21(27)18-14-17(22)6-7-19(18)23/h2-4,6-7,13-14H,5,8-12H2,1H3. The molecule has 0 aliphatic carbocycles. The van der Waals surface area contributed by atoms with Crippen molar-refractivity contribution < 1.29 is 18.4 Å². The number of aryl methyl sites for hydroxylation is 2. The Hall–Kier alpha value is -2.76.